The molecule has 0 saturated carbocycles. The fourth-order valence-corrected chi connectivity index (χ4v) is 4.66. The van der Waals surface area contributed by atoms with Gasteiger partial charge in [-0.2, -0.15) is 0 Å². The monoisotopic (exact) mass is 495 g/mol. The van der Waals surface area contributed by atoms with E-state index in [1.54, 1.807) is 28.9 Å². The minimum atomic E-state index is -0.613. The average Bonchev–Trinajstić information content (AvgIpc) is 3.52. The molecule has 0 radical (unpaired) electrons. The molecule has 1 aliphatic heterocycles. The van der Waals surface area contributed by atoms with Gasteiger partial charge in [0.15, 0.2) is 11.5 Å². The van der Waals surface area contributed by atoms with E-state index in [1.165, 1.54) is 12.1 Å². The van der Waals surface area contributed by atoms with E-state index in [0.29, 0.717) is 35.6 Å². The number of nitrogens with one attached hydrogen (secondary N) is 2. The summed E-state index contributed by atoms with van der Waals surface area (Å²) in [7, 11) is 0. The molecule has 1 unspecified atom stereocenters. The van der Waals surface area contributed by atoms with Crippen LogP contribution in [0.25, 0.3) is 39.1 Å². The maximum Gasteiger partial charge on any atom is 0.272 e. The quantitative estimate of drug-likeness (QED) is 0.351. The van der Waals surface area contributed by atoms with Crippen LogP contribution in [0.5, 0.6) is 0 Å². The zero-order valence-electron chi connectivity index (χ0n) is 19.8. The lowest BCUT2D eigenvalue weighted by molar-refractivity contribution is -0.120. The van der Waals surface area contributed by atoms with Gasteiger partial charge in [-0.3, -0.25) is 19.0 Å². The van der Waals surface area contributed by atoms with Gasteiger partial charge in [-0.1, -0.05) is 6.07 Å². The zero-order valence-corrected chi connectivity index (χ0v) is 19.8. The van der Waals surface area contributed by atoms with Crippen molar-refractivity contribution in [2.75, 3.05) is 12.3 Å². The number of rotatable bonds is 4. The number of benzene rings is 2. The van der Waals surface area contributed by atoms with Gasteiger partial charge in [-0.25, -0.2) is 14.4 Å². The molecule has 184 valence electrons. The molecule has 1 fully saturated rings. The van der Waals surface area contributed by atoms with Crippen LogP contribution in [0.4, 0.5) is 10.2 Å². The predicted molar refractivity (Wildman–Crippen MR) is 137 cm³/mol. The van der Waals surface area contributed by atoms with Gasteiger partial charge in [0, 0.05) is 35.5 Å². The Morgan fingerprint density at radius 3 is 2.68 bits per heavy atom. The van der Waals surface area contributed by atoms with E-state index < -0.39 is 11.9 Å². The predicted octanol–water partition coefficient (Wildman–Crippen LogP) is 3.26. The van der Waals surface area contributed by atoms with Crippen molar-refractivity contribution in [3.05, 3.63) is 78.0 Å². The van der Waals surface area contributed by atoms with Crippen molar-refractivity contribution in [1.29, 1.82) is 0 Å². The summed E-state index contributed by atoms with van der Waals surface area (Å²) in [4.78, 5) is 38.5. The summed E-state index contributed by atoms with van der Waals surface area (Å²) >= 11 is 0. The lowest BCUT2D eigenvalue weighted by atomic mass is 10.0. The summed E-state index contributed by atoms with van der Waals surface area (Å²) in [6, 6.07) is 13.1. The minimum Gasteiger partial charge on any atom is -0.381 e. The third-order valence-corrected chi connectivity index (χ3v) is 6.57. The first kappa shape index (κ1) is 22.6. The summed E-state index contributed by atoms with van der Waals surface area (Å²) in [5.74, 6) is -0.973. The number of carbonyl (C=O) groups excluding carboxylic acids is 2. The van der Waals surface area contributed by atoms with E-state index >= 15 is 0 Å². The third-order valence-electron chi connectivity index (χ3n) is 6.57. The van der Waals surface area contributed by atoms with Crippen molar-refractivity contribution < 1.29 is 14.0 Å². The Kier molecular flexibility index (Phi) is 5.29. The van der Waals surface area contributed by atoms with Crippen LogP contribution < -0.4 is 16.4 Å². The van der Waals surface area contributed by atoms with Gasteiger partial charge >= 0.3 is 0 Å². The molecule has 0 bridgehead atoms. The molecule has 0 aliphatic carbocycles. The van der Waals surface area contributed by atoms with Crippen LogP contribution in [0, 0.1) is 12.7 Å². The van der Waals surface area contributed by atoms with E-state index in [2.05, 4.69) is 25.6 Å². The second-order valence-corrected chi connectivity index (χ2v) is 8.99. The highest BCUT2D eigenvalue weighted by atomic mass is 19.1. The van der Waals surface area contributed by atoms with Crippen molar-refractivity contribution in [3.8, 4) is 22.5 Å². The number of nitrogens with zero attached hydrogens (tertiary/aromatic N) is 4. The van der Waals surface area contributed by atoms with Gasteiger partial charge in [0.1, 0.15) is 17.6 Å². The Bertz CT molecular complexity index is 1710. The average molecular weight is 496 g/mol. The van der Waals surface area contributed by atoms with E-state index in [9.17, 15) is 14.0 Å². The van der Waals surface area contributed by atoms with Crippen LogP contribution >= 0.6 is 0 Å². The molecular weight excluding hydrogens is 473 g/mol. The van der Waals surface area contributed by atoms with Gasteiger partial charge in [-0.05, 0) is 61.4 Å². The lowest BCUT2D eigenvalue weighted by Gasteiger charge is -2.14. The zero-order chi connectivity index (χ0) is 25.7. The number of anilines is 1. The number of nitrogens with two attached hydrogens (primary N) is 1. The van der Waals surface area contributed by atoms with E-state index in [0.717, 1.165) is 22.0 Å². The Morgan fingerprint density at radius 2 is 1.92 bits per heavy atom. The number of nitrogen functional groups attached to an aromatic ring is 1. The molecule has 10 heteroatoms. The smallest absolute Gasteiger partial charge is 0.272 e. The molecule has 0 spiro atoms. The fourth-order valence-electron chi connectivity index (χ4n) is 4.66. The Balaban J connectivity index is 1.57. The van der Waals surface area contributed by atoms with Gasteiger partial charge in [0.2, 0.25) is 5.91 Å². The summed E-state index contributed by atoms with van der Waals surface area (Å²) < 4.78 is 15.4. The third kappa shape index (κ3) is 3.92. The number of aromatic nitrogens is 4. The van der Waals surface area contributed by atoms with Crippen molar-refractivity contribution in [3.63, 3.8) is 0 Å². The molecule has 1 saturated heterocycles. The SMILES string of the molecule is Cc1ccnc2ccc(-c3c(-c4ccc(F)cc4)nc(N)c4nc(C(=O)NC5CCNC5=O)cn34)cc12. The molecule has 3 aromatic heterocycles. The highest BCUT2D eigenvalue weighted by Crippen LogP contribution is 2.35. The molecule has 5 aromatic rings. The lowest BCUT2D eigenvalue weighted by Crippen LogP contribution is -2.40. The number of hydrogen-bond donors (Lipinski definition) is 3. The van der Waals surface area contributed by atoms with E-state index in [1.807, 2.05) is 31.2 Å². The molecule has 2 aromatic carbocycles. The Labute approximate surface area is 210 Å². The molecule has 1 aliphatic rings. The number of amides is 2. The standard InChI is InChI=1S/C27H22FN7O2/c1-14-8-10-30-19-7-4-16(12-18(14)19)23-22(15-2-5-17(28)6-3-15)34-24(29)25-32-21(13-35(23)25)27(37)33-20-9-11-31-26(20)36/h2-8,10,12-13,20H,9,11H2,1H3,(H2,29,34)(H,31,36)(H,33,37). The van der Waals surface area contributed by atoms with Gasteiger partial charge in [-0.15, -0.1) is 0 Å². The van der Waals surface area contributed by atoms with Crippen LogP contribution in [-0.2, 0) is 4.79 Å². The van der Waals surface area contributed by atoms with Crippen molar-refractivity contribution in [2.24, 2.45) is 0 Å². The molecule has 2 amide bonds. The molecule has 1 atom stereocenters. The summed E-state index contributed by atoms with van der Waals surface area (Å²) in [5, 5.41) is 6.39. The van der Waals surface area contributed by atoms with Crippen LogP contribution in [0.15, 0.2) is 60.9 Å². The normalized spacial score (nSPS) is 15.3. The second-order valence-electron chi connectivity index (χ2n) is 8.99. The Morgan fingerprint density at radius 1 is 1.14 bits per heavy atom. The first-order chi connectivity index (χ1) is 17.9. The number of aryl methyl sites for hydroxylation is 1. The maximum atomic E-state index is 13.7. The number of imidazole rings is 1. The van der Waals surface area contributed by atoms with Crippen LogP contribution in [0.1, 0.15) is 22.5 Å². The molecular formula is C27H22FN7O2. The van der Waals surface area contributed by atoms with Crippen LogP contribution in [0.3, 0.4) is 0 Å². The number of fused-ring (bicyclic) bond motifs is 2. The summed E-state index contributed by atoms with van der Waals surface area (Å²) in [5.41, 5.74) is 11.2. The van der Waals surface area contributed by atoms with Crippen LogP contribution in [-0.4, -0.2) is 43.8 Å². The molecule has 4 heterocycles. The first-order valence-corrected chi connectivity index (χ1v) is 11.8. The van der Waals surface area contributed by atoms with Gasteiger partial charge < -0.3 is 16.4 Å². The van der Waals surface area contributed by atoms with Crippen LogP contribution in [0.2, 0.25) is 0 Å². The largest absolute Gasteiger partial charge is 0.381 e. The van der Waals surface area contributed by atoms with Crippen molar-refractivity contribution >= 4 is 34.2 Å². The van der Waals surface area contributed by atoms with Gasteiger partial charge in [0.25, 0.3) is 5.91 Å². The minimum absolute atomic E-state index is 0.101. The fraction of sp³-hybridized carbons (Fsp3) is 0.148. The van der Waals surface area contributed by atoms with Crippen molar-refractivity contribution in [2.45, 2.75) is 19.4 Å². The molecule has 9 nitrogen and oxygen atoms in total. The summed E-state index contributed by atoms with van der Waals surface area (Å²) in [6.07, 6.45) is 3.85. The first-order valence-electron chi connectivity index (χ1n) is 11.8. The topological polar surface area (TPSA) is 127 Å². The number of pyridine rings is 1. The number of halogens is 1. The molecule has 6 rings (SSSR count). The molecule has 37 heavy (non-hydrogen) atoms. The maximum absolute atomic E-state index is 13.7. The highest BCUT2D eigenvalue weighted by molar-refractivity contribution is 5.98. The van der Waals surface area contributed by atoms with E-state index in [4.69, 9.17) is 5.73 Å². The second kappa shape index (κ2) is 8.66. The molecule has 4 N–H and O–H groups in total. The van der Waals surface area contributed by atoms with Crippen molar-refractivity contribution in [1.82, 2.24) is 30.0 Å². The number of hydrogen-bond acceptors (Lipinski definition) is 6. The Hall–Kier alpha value is -4.86. The van der Waals surface area contributed by atoms with E-state index in [-0.39, 0.29) is 23.2 Å². The number of carbonyl (C=O) groups is 2. The van der Waals surface area contributed by atoms with Gasteiger partial charge in [0.05, 0.1) is 16.9 Å². The highest BCUT2D eigenvalue weighted by Gasteiger charge is 2.28. The summed E-state index contributed by atoms with van der Waals surface area (Å²) in [6.45, 7) is 2.51.